The number of hydrogen-bond donors (Lipinski definition) is 2. The molecule has 1 unspecified atom stereocenters. The van der Waals surface area contributed by atoms with Gasteiger partial charge in [0.15, 0.2) is 0 Å². The average Bonchev–Trinajstić information content (AvgIpc) is 2.26. The molecule has 1 atom stereocenters. The standard InChI is InChI=1S/C11H20ClN5O/c1-7(2)5-8(6-18)13-10-14-9(12)15-11(16-10)17(3)4/h7-8,18H,5-6H2,1-4H3,(H,13,14,15,16). The summed E-state index contributed by atoms with van der Waals surface area (Å²) in [4.78, 5) is 14.0. The van der Waals surface area contributed by atoms with Crippen LogP contribution in [0.25, 0.3) is 0 Å². The Morgan fingerprint density at radius 1 is 1.28 bits per heavy atom. The molecule has 0 aromatic carbocycles. The zero-order valence-electron chi connectivity index (χ0n) is 11.2. The first-order valence-corrected chi connectivity index (χ1v) is 6.26. The third kappa shape index (κ3) is 4.62. The highest BCUT2D eigenvalue weighted by atomic mass is 35.5. The summed E-state index contributed by atoms with van der Waals surface area (Å²) in [6.45, 7) is 4.21. The van der Waals surface area contributed by atoms with E-state index in [0.717, 1.165) is 6.42 Å². The maximum absolute atomic E-state index is 9.31. The minimum absolute atomic E-state index is 0.0266. The summed E-state index contributed by atoms with van der Waals surface area (Å²) < 4.78 is 0. The van der Waals surface area contributed by atoms with Gasteiger partial charge >= 0.3 is 0 Å². The molecular weight excluding hydrogens is 254 g/mol. The van der Waals surface area contributed by atoms with Crippen LogP contribution < -0.4 is 10.2 Å². The molecule has 1 heterocycles. The minimum Gasteiger partial charge on any atom is -0.394 e. The SMILES string of the molecule is CC(C)CC(CO)Nc1nc(Cl)nc(N(C)C)n1. The van der Waals surface area contributed by atoms with E-state index in [2.05, 4.69) is 34.1 Å². The van der Waals surface area contributed by atoms with Gasteiger partial charge in [0.1, 0.15) is 0 Å². The van der Waals surface area contributed by atoms with Crippen LogP contribution in [0.5, 0.6) is 0 Å². The van der Waals surface area contributed by atoms with Crippen LogP contribution in [0.3, 0.4) is 0 Å². The van der Waals surface area contributed by atoms with E-state index >= 15 is 0 Å². The molecule has 1 aromatic heterocycles. The second kappa shape index (κ2) is 6.70. The number of aromatic nitrogens is 3. The molecule has 1 rings (SSSR count). The van der Waals surface area contributed by atoms with Gasteiger partial charge in [-0.15, -0.1) is 0 Å². The smallest absolute Gasteiger partial charge is 0.230 e. The number of nitrogens with zero attached hydrogens (tertiary/aromatic N) is 4. The molecule has 0 aliphatic carbocycles. The number of rotatable bonds is 6. The summed E-state index contributed by atoms with van der Waals surface area (Å²) in [5, 5.41) is 12.5. The van der Waals surface area contributed by atoms with Gasteiger partial charge in [0.05, 0.1) is 12.6 Å². The summed E-state index contributed by atoms with van der Waals surface area (Å²) in [6.07, 6.45) is 0.830. The van der Waals surface area contributed by atoms with Crippen molar-refractivity contribution in [2.45, 2.75) is 26.3 Å². The van der Waals surface area contributed by atoms with Gasteiger partial charge in [0.2, 0.25) is 17.2 Å². The third-order valence-corrected chi connectivity index (χ3v) is 2.47. The minimum atomic E-state index is -0.0847. The molecule has 102 valence electrons. The number of aliphatic hydroxyl groups is 1. The lowest BCUT2D eigenvalue weighted by atomic mass is 10.0. The van der Waals surface area contributed by atoms with E-state index in [1.165, 1.54) is 0 Å². The Labute approximate surface area is 112 Å². The third-order valence-electron chi connectivity index (χ3n) is 2.31. The molecule has 7 heteroatoms. The van der Waals surface area contributed by atoms with Gasteiger partial charge in [-0.25, -0.2) is 0 Å². The van der Waals surface area contributed by atoms with Crippen molar-refractivity contribution >= 4 is 23.5 Å². The van der Waals surface area contributed by atoms with Crippen LogP contribution in [0.2, 0.25) is 5.28 Å². The van der Waals surface area contributed by atoms with E-state index in [1.54, 1.807) is 4.90 Å². The highest BCUT2D eigenvalue weighted by Crippen LogP contribution is 2.14. The topological polar surface area (TPSA) is 74.2 Å². The molecular formula is C11H20ClN5O. The van der Waals surface area contributed by atoms with Gasteiger partial charge in [0, 0.05) is 14.1 Å². The number of aliphatic hydroxyl groups excluding tert-OH is 1. The Bertz CT molecular complexity index is 386. The predicted molar refractivity (Wildman–Crippen MR) is 73.1 cm³/mol. The van der Waals surface area contributed by atoms with E-state index in [0.29, 0.717) is 17.8 Å². The van der Waals surface area contributed by atoms with Crippen LogP contribution in [0.4, 0.5) is 11.9 Å². The van der Waals surface area contributed by atoms with Crippen molar-refractivity contribution in [1.82, 2.24) is 15.0 Å². The maximum atomic E-state index is 9.31. The highest BCUT2D eigenvalue weighted by Gasteiger charge is 2.13. The first-order valence-electron chi connectivity index (χ1n) is 5.88. The zero-order chi connectivity index (χ0) is 13.7. The van der Waals surface area contributed by atoms with Crippen LogP contribution in [0.15, 0.2) is 0 Å². The lowest BCUT2D eigenvalue weighted by Gasteiger charge is -2.19. The lowest BCUT2D eigenvalue weighted by molar-refractivity contribution is 0.259. The fourth-order valence-electron chi connectivity index (χ4n) is 1.53. The molecule has 6 nitrogen and oxygen atoms in total. The van der Waals surface area contributed by atoms with Gasteiger partial charge in [-0.2, -0.15) is 15.0 Å². The number of halogens is 1. The van der Waals surface area contributed by atoms with Crippen molar-refractivity contribution in [2.24, 2.45) is 5.92 Å². The zero-order valence-corrected chi connectivity index (χ0v) is 11.9. The van der Waals surface area contributed by atoms with Crippen molar-refractivity contribution < 1.29 is 5.11 Å². The molecule has 18 heavy (non-hydrogen) atoms. The first kappa shape index (κ1) is 14.9. The van der Waals surface area contributed by atoms with Crippen molar-refractivity contribution in [3.63, 3.8) is 0 Å². The van der Waals surface area contributed by atoms with E-state index in [-0.39, 0.29) is 17.9 Å². The molecule has 0 saturated heterocycles. The van der Waals surface area contributed by atoms with Crippen molar-refractivity contribution in [2.75, 3.05) is 30.9 Å². The molecule has 0 saturated carbocycles. The Hall–Kier alpha value is -1.14. The molecule has 0 aliphatic rings. The fourth-order valence-corrected chi connectivity index (χ4v) is 1.69. The summed E-state index contributed by atoms with van der Waals surface area (Å²) in [6, 6.07) is -0.0847. The number of nitrogens with one attached hydrogen (secondary N) is 1. The molecule has 0 fully saturated rings. The van der Waals surface area contributed by atoms with Crippen molar-refractivity contribution in [3.05, 3.63) is 5.28 Å². The van der Waals surface area contributed by atoms with Crippen LogP contribution in [-0.4, -0.2) is 46.8 Å². The average molecular weight is 274 g/mol. The Kier molecular flexibility index (Phi) is 5.55. The molecule has 0 bridgehead atoms. The monoisotopic (exact) mass is 273 g/mol. The fraction of sp³-hybridized carbons (Fsp3) is 0.727. The Morgan fingerprint density at radius 2 is 1.94 bits per heavy atom. The molecule has 0 spiro atoms. The van der Waals surface area contributed by atoms with E-state index in [9.17, 15) is 5.11 Å². The number of hydrogen-bond acceptors (Lipinski definition) is 6. The molecule has 0 aliphatic heterocycles. The molecule has 1 aromatic rings. The van der Waals surface area contributed by atoms with E-state index < -0.39 is 0 Å². The predicted octanol–water partition coefficient (Wildman–Crippen LogP) is 1.41. The van der Waals surface area contributed by atoms with Crippen LogP contribution in [0.1, 0.15) is 20.3 Å². The van der Waals surface area contributed by atoms with Gasteiger partial charge in [-0.1, -0.05) is 13.8 Å². The highest BCUT2D eigenvalue weighted by molar-refractivity contribution is 6.28. The van der Waals surface area contributed by atoms with Gasteiger partial charge < -0.3 is 15.3 Å². The van der Waals surface area contributed by atoms with Gasteiger partial charge in [-0.3, -0.25) is 0 Å². The Balaban J connectivity index is 2.82. The van der Waals surface area contributed by atoms with E-state index in [1.807, 2.05) is 14.1 Å². The lowest BCUT2D eigenvalue weighted by Crippen LogP contribution is -2.27. The van der Waals surface area contributed by atoms with Gasteiger partial charge in [0.25, 0.3) is 0 Å². The van der Waals surface area contributed by atoms with Gasteiger partial charge in [-0.05, 0) is 23.9 Å². The largest absolute Gasteiger partial charge is 0.394 e. The summed E-state index contributed by atoms with van der Waals surface area (Å²) in [5.41, 5.74) is 0. The first-order chi connectivity index (χ1) is 8.42. The normalized spacial score (nSPS) is 12.6. The van der Waals surface area contributed by atoms with Crippen LogP contribution >= 0.6 is 11.6 Å². The maximum Gasteiger partial charge on any atom is 0.230 e. The second-order valence-electron chi connectivity index (χ2n) is 4.78. The van der Waals surface area contributed by atoms with Crippen LogP contribution in [-0.2, 0) is 0 Å². The second-order valence-corrected chi connectivity index (χ2v) is 5.11. The summed E-state index contributed by atoms with van der Waals surface area (Å²) in [7, 11) is 3.65. The number of anilines is 2. The van der Waals surface area contributed by atoms with Crippen molar-refractivity contribution in [3.8, 4) is 0 Å². The molecule has 0 amide bonds. The summed E-state index contributed by atoms with van der Waals surface area (Å²) >= 11 is 5.84. The quantitative estimate of drug-likeness (QED) is 0.816. The van der Waals surface area contributed by atoms with E-state index in [4.69, 9.17) is 11.6 Å². The molecule has 2 N–H and O–H groups in total. The Morgan fingerprint density at radius 3 is 2.44 bits per heavy atom. The molecule has 0 radical (unpaired) electrons. The van der Waals surface area contributed by atoms with Crippen molar-refractivity contribution in [1.29, 1.82) is 0 Å². The summed E-state index contributed by atoms with van der Waals surface area (Å²) in [5.74, 6) is 1.34. The van der Waals surface area contributed by atoms with Crippen LogP contribution in [0, 0.1) is 5.92 Å².